The van der Waals surface area contributed by atoms with Gasteiger partial charge in [-0.05, 0) is 20.8 Å². The summed E-state index contributed by atoms with van der Waals surface area (Å²) in [6.45, 7) is 13.6. The third-order valence-corrected chi connectivity index (χ3v) is 5.81. The Hall–Kier alpha value is -1.57. The van der Waals surface area contributed by atoms with Gasteiger partial charge in [0, 0.05) is 36.8 Å². The summed E-state index contributed by atoms with van der Waals surface area (Å²) in [6, 6.07) is 0. The average molecular weight is 436 g/mol. The highest BCUT2D eigenvalue weighted by Crippen LogP contribution is 2.24. The SMILES string of the molecule is CN=C(CSC1=NC/C=C\C=C/CN1)/C(C)=C(/OCC1COC(C)(C)OC1)C(C)C. The molecule has 0 bridgehead atoms. The first-order valence-corrected chi connectivity index (χ1v) is 11.6. The molecule has 0 amide bonds. The number of rotatable bonds is 7. The summed E-state index contributed by atoms with van der Waals surface area (Å²) in [4.78, 5) is 9.16. The Morgan fingerprint density at radius 1 is 1.30 bits per heavy atom. The maximum Gasteiger partial charge on any atom is 0.162 e. The van der Waals surface area contributed by atoms with Crippen LogP contribution in [-0.2, 0) is 14.2 Å². The smallest absolute Gasteiger partial charge is 0.162 e. The highest BCUT2D eigenvalue weighted by Gasteiger charge is 2.29. The van der Waals surface area contributed by atoms with Crippen LogP contribution in [0.1, 0.15) is 34.6 Å². The Morgan fingerprint density at radius 2 is 2.00 bits per heavy atom. The van der Waals surface area contributed by atoms with Gasteiger partial charge in [-0.2, -0.15) is 0 Å². The number of nitrogens with zero attached hydrogens (tertiary/aromatic N) is 2. The lowest BCUT2D eigenvalue weighted by Crippen LogP contribution is -2.40. The number of nitrogens with one attached hydrogen (secondary N) is 1. The zero-order valence-corrected chi connectivity index (χ0v) is 20.1. The minimum Gasteiger partial charge on any atom is -0.497 e. The standard InChI is InChI=1S/C23H37N3O3S/c1-17(2)21(27-13-19-14-28-23(4,5)29-15-19)18(3)20(24-6)16-30-22-25-11-9-7-8-10-12-26-22/h7-10,17,19H,11-16H2,1-6H3,(H,25,26)/b9-7-,10-8-,21-18+,24-20?. The number of amidine groups is 1. The Labute approximate surface area is 185 Å². The molecular formula is C23H37N3O3S. The second kappa shape index (κ2) is 12.3. The van der Waals surface area contributed by atoms with Crippen LogP contribution >= 0.6 is 11.8 Å². The maximum absolute atomic E-state index is 6.27. The van der Waals surface area contributed by atoms with E-state index in [2.05, 4.69) is 48.2 Å². The first-order valence-electron chi connectivity index (χ1n) is 10.6. The predicted molar refractivity (Wildman–Crippen MR) is 127 cm³/mol. The van der Waals surface area contributed by atoms with E-state index < -0.39 is 5.79 Å². The van der Waals surface area contributed by atoms with Gasteiger partial charge in [0.05, 0.1) is 32.1 Å². The van der Waals surface area contributed by atoms with Gasteiger partial charge >= 0.3 is 0 Å². The summed E-state index contributed by atoms with van der Waals surface area (Å²) in [5.41, 5.74) is 2.12. The van der Waals surface area contributed by atoms with E-state index in [1.165, 1.54) is 0 Å². The molecule has 0 aliphatic carbocycles. The van der Waals surface area contributed by atoms with Gasteiger partial charge in [-0.1, -0.05) is 49.9 Å². The van der Waals surface area contributed by atoms with Crippen LogP contribution in [0, 0.1) is 11.8 Å². The summed E-state index contributed by atoms with van der Waals surface area (Å²) < 4.78 is 17.8. The van der Waals surface area contributed by atoms with Crippen molar-refractivity contribution in [1.29, 1.82) is 0 Å². The zero-order chi connectivity index (χ0) is 22.0. The van der Waals surface area contributed by atoms with Crippen molar-refractivity contribution in [2.24, 2.45) is 21.8 Å². The maximum atomic E-state index is 6.27. The molecule has 0 radical (unpaired) electrons. The van der Waals surface area contributed by atoms with Crippen LogP contribution in [0.5, 0.6) is 0 Å². The fraction of sp³-hybridized carbons (Fsp3) is 0.652. The first-order chi connectivity index (χ1) is 14.3. The number of ether oxygens (including phenoxy) is 3. The third kappa shape index (κ3) is 8.28. The highest BCUT2D eigenvalue weighted by atomic mass is 32.2. The van der Waals surface area contributed by atoms with E-state index >= 15 is 0 Å². The van der Waals surface area contributed by atoms with Crippen LogP contribution in [0.25, 0.3) is 0 Å². The van der Waals surface area contributed by atoms with E-state index in [1.54, 1.807) is 11.8 Å². The number of thioether (sulfide) groups is 1. The van der Waals surface area contributed by atoms with Gasteiger partial charge in [-0.3, -0.25) is 9.98 Å². The van der Waals surface area contributed by atoms with Gasteiger partial charge in [0.1, 0.15) is 5.76 Å². The second-order valence-corrected chi connectivity index (χ2v) is 9.15. The summed E-state index contributed by atoms with van der Waals surface area (Å²) in [6.07, 6.45) is 8.20. The largest absolute Gasteiger partial charge is 0.497 e. The van der Waals surface area contributed by atoms with E-state index in [1.807, 2.05) is 33.0 Å². The fourth-order valence-electron chi connectivity index (χ4n) is 3.08. The van der Waals surface area contributed by atoms with E-state index in [-0.39, 0.29) is 11.8 Å². The summed E-state index contributed by atoms with van der Waals surface area (Å²) in [7, 11) is 1.84. The molecule has 1 N–H and O–H groups in total. The average Bonchev–Trinajstić information content (AvgIpc) is 2.83. The molecule has 0 atom stereocenters. The topological polar surface area (TPSA) is 64.4 Å². The molecule has 0 aromatic rings. The Balaban J connectivity index is 1.98. The minimum absolute atomic E-state index is 0.231. The quantitative estimate of drug-likeness (QED) is 0.479. The number of allylic oxidation sites excluding steroid dienone is 4. The molecule has 0 spiro atoms. The molecule has 0 saturated carbocycles. The van der Waals surface area contributed by atoms with Crippen LogP contribution in [-0.4, -0.2) is 62.4 Å². The molecule has 30 heavy (non-hydrogen) atoms. The Bertz CT molecular complexity index is 698. The van der Waals surface area contributed by atoms with Crippen molar-refractivity contribution in [3.05, 3.63) is 35.6 Å². The summed E-state index contributed by atoms with van der Waals surface area (Å²) in [5, 5.41) is 4.30. The van der Waals surface area contributed by atoms with Gasteiger partial charge in [0.25, 0.3) is 0 Å². The van der Waals surface area contributed by atoms with Crippen molar-refractivity contribution in [1.82, 2.24) is 5.32 Å². The van der Waals surface area contributed by atoms with Gasteiger partial charge in [0.15, 0.2) is 11.0 Å². The van der Waals surface area contributed by atoms with Gasteiger partial charge in [-0.25, -0.2) is 0 Å². The molecule has 7 heteroatoms. The number of hydrogen-bond acceptors (Lipinski definition) is 7. The van der Waals surface area contributed by atoms with E-state index in [0.29, 0.717) is 26.4 Å². The highest BCUT2D eigenvalue weighted by molar-refractivity contribution is 8.14. The normalized spacial score (nSPS) is 23.4. The summed E-state index contributed by atoms with van der Waals surface area (Å²) in [5.74, 6) is 1.72. The fourth-order valence-corrected chi connectivity index (χ4v) is 4.05. The van der Waals surface area contributed by atoms with Gasteiger partial charge in [0.2, 0.25) is 0 Å². The van der Waals surface area contributed by atoms with E-state index in [4.69, 9.17) is 14.2 Å². The molecule has 168 valence electrons. The molecule has 2 rings (SSSR count). The molecule has 6 nitrogen and oxygen atoms in total. The predicted octanol–water partition coefficient (Wildman–Crippen LogP) is 4.21. The molecule has 1 fully saturated rings. The van der Waals surface area contributed by atoms with Gasteiger partial charge < -0.3 is 19.5 Å². The van der Waals surface area contributed by atoms with Crippen molar-refractivity contribution >= 4 is 22.6 Å². The van der Waals surface area contributed by atoms with Gasteiger partial charge in [-0.15, -0.1) is 0 Å². The van der Waals surface area contributed by atoms with Crippen molar-refractivity contribution in [2.45, 2.75) is 40.4 Å². The Morgan fingerprint density at radius 3 is 2.67 bits per heavy atom. The van der Waals surface area contributed by atoms with Crippen LogP contribution < -0.4 is 5.32 Å². The third-order valence-electron chi connectivity index (χ3n) is 4.84. The second-order valence-electron chi connectivity index (χ2n) is 8.18. The molecule has 2 aliphatic heterocycles. The van der Waals surface area contributed by atoms with Crippen molar-refractivity contribution in [3.8, 4) is 0 Å². The van der Waals surface area contributed by atoms with E-state index in [9.17, 15) is 0 Å². The van der Waals surface area contributed by atoms with Crippen molar-refractivity contribution in [3.63, 3.8) is 0 Å². The zero-order valence-electron chi connectivity index (χ0n) is 19.2. The summed E-state index contributed by atoms with van der Waals surface area (Å²) >= 11 is 1.68. The molecule has 0 unspecified atom stereocenters. The Kier molecular flexibility index (Phi) is 10.1. The number of aliphatic imine (C=N–C) groups is 2. The van der Waals surface area contributed by atoms with Crippen LogP contribution in [0.4, 0.5) is 0 Å². The minimum atomic E-state index is -0.499. The molecule has 0 aromatic heterocycles. The molecule has 1 saturated heterocycles. The lowest BCUT2D eigenvalue weighted by Gasteiger charge is -2.35. The van der Waals surface area contributed by atoms with Crippen LogP contribution in [0.3, 0.4) is 0 Å². The molecular weight excluding hydrogens is 398 g/mol. The van der Waals surface area contributed by atoms with Crippen molar-refractivity contribution in [2.75, 3.05) is 45.7 Å². The monoisotopic (exact) mass is 435 g/mol. The first kappa shape index (κ1) is 24.7. The molecule has 0 aromatic carbocycles. The van der Waals surface area contributed by atoms with Crippen LogP contribution in [0.15, 0.2) is 45.6 Å². The van der Waals surface area contributed by atoms with Crippen LogP contribution in [0.2, 0.25) is 0 Å². The lowest BCUT2D eigenvalue weighted by molar-refractivity contribution is -0.265. The lowest BCUT2D eigenvalue weighted by atomic mass is 10.0. The molecule has 2 aliphatic rings. The number of hydrogen-bond donors (Lipinski definition) is 1. The van der Waals surface area contributed by atoms with E-state index in [0.717, 1.165) is 34.5 Å². The molecule has 2 heterocycles. The van der Waals surface area contributed by atoms with Crippen molar-refractivity contribution < 1.29 is 14.2 Å².